The molecule has 1 amide bonds. The largest absolute Gasteiger partial charge is 0.507 e. The van der Waals surface area contributed by atoms with Gasteiger partial charge in [0, 0.05) is 17.8 Å². The molecule has 82 valence electrons. The van der Waals surface area contributed by atoms with Crippen molar-refractivity contribution in [2.75, 3.05) is 7.05 Å². The number of aromatic hydroxyl groups is 1. The molecule has 0 radical (unpaired) electrons. The molecule has 0 heterocycles. The van der Waals surface area contributed by atoms with Crippen molar-refractivity contribution in [1.29, 1.82) is 0 Å². The fourth-order valence-corrected chi connectivity index (χ4v) is 1.50. The van der Waals surface area contributed by atoms with Crippen LogP contribution in [0, 0.1) is 0 Å². The highest BCUT2D eigenvalue weighted by Gasteiger charge is 2.07. The number of carbonyl (C=O) groups is 1. The molecular formula is C12H11NO3. The van der Waals surface area contributed by atoms with Crippen LogP contribution in [0.25, 0.3) is 10.8 Å². The van der Waals surface area contributed by atoms with E-state index in [1.807, 2.05) is 0 Å². The van der Waals surface area contributed by atoms with Crippen LogP contribution in [0.4, 0.5) is 4.79 Å². The van der Waals surface area contributed by atoms with Crippen molar-refractivity contribution in [3.05, 3.63) is 36.4 Å². The molecule has 0 fully saturated rings. The van der Waals surface area contributed by atoms with Gasteiger partial charge in [0.1, 0.15) is 11.5 Å². The Morgan fingerprint density at radius 3 is 2.62 bits per heavy atom. The highest BCUT2D eigenvalue weighted by atomic mass is 16.6. The van der Waals surface area contributed by atoms with Crippen LogP contribution in [0.2, 0.25) is 0 Å². The topological polar surface area (TPSA) is 58.6 Å². The molecule has 2 N–H and O–H groups in total. The maximum absolute atomic E-state index is 11.1. The molecule has 0 aliphatic carbocycles. The SMILES string of the molecule is CNC(=O)Oc1cccc2c(O)cccc12. The van der Waals surface area contributed by atoms with Crippen molar-refractivity contribution < 1.29 is 14.6 Å². The maximum atomic E-state index is 11.1. The van der Waals surface area contributed by atoms with Crippen molar-refractivity contribution in [2.24, 2.45) is 0 Å². The molecule has 0 saturated heterocycles. The summed E-state index contributed by atoms with van der Waals surface area (Å²) >= 11 is 0. The molecule has 4 heteroatoms. The van der Waals surface area contributed by atoms with Gasteiger partial charge in [0.15, 0.2) is 0 Å². The minimum absolute atomic E-state index is 0.167. The van der Waals surface area contributed by atoms with Gasteiger partial charge in [0.25, 0.3) is 0 Å². The smallest absolute Gasteiger partial charge is 0.412 e. The molecule has 4 nitrogen and oxygen atoms in total. The molecular weight excluding hydrogens is 206 g/mol. The van der Waals surface area contributed by atoms with Gasteiger partial charge in [-0.15, -0.1) is 0 Å². The third-order valence-corrected chi connectivity index (χ3v) is 2.27. The number of fused-ring (bicyclic) bond motifs is 1. The van der Waals surface area contributed by atoms with Crippen molar-refractivity contribution in [3.63, 3.8) is 0 Å². The van der Waals surface area contributed by atoms with Gasteiger partial charge in [0.2, 0.25) is 0 Å². The van der Waals surface area contributed by atoms with Crippen molar-refractivity contribution in [1.82, 2.24) is 5.32 Å². The van der Waals surface area contributed by atoms with E-state index in [-0.39, 0.29) is 5.75 Å². The van der Waals surface area contributed by atoms with Gasteiger partial charge in [-0.25, -0.2) is 4.79 Å². The van der Waals surface area contributed by atoms with Crippen LogP contribution < -0.4 is 10.1 Å². The van der Waals surface area contributed by atoms with E-state index in [0.29, 0.717) is 16.5 Å². The van der Waals surface area contributed by atoms with E-state index in [0.717, 1.165) is 0 Å². The molecule has 0 aliphatic rings. The summed E-state index contributed by atoms with van der Waals surface area (Å²) in [5.41, 5.74) is 0. The fraction of sp³-hybridized carbons (Fsp3) is 0.0833. The average Bonchev–Trinajstić information content (AvgIpc) is 2.30. The summed E-state index contributed by atoms with van der Waals surface area (Å²) in [4.78, 5) is 11.1. The summed E-state index contributed by atoms with van der Waals surface area (Å²) in [5.74, 6) is 0.590. The van der Waals surface area contributed by atoms with E-state index in [9.17, 15) is 9.90 Å². The lowest BCUT2D eigenvalue weighted by Gasteiger charge is -2.07. The molecule has 2 rings (SSSR count). The molecule has 0 bridgehead atoms. The molecule has 2 aromatic carbocycles. The van der Waals surface area contributed by atoms with Crippen molar-refractivity contribution >= 4 is 16.9 Å². The third-order valence-electron chi connectivity index (χ3n) is 2.27. The first-order valence-electron chi connectivity index (χ1n) is 4.82. The number of hydrogen-bond acceptors (Lipinski definition) is 3. The normalized spacial score (nSPS) is 10.1. The number of hydrogen-bond donors (Lipinski definition) is 2. The first kappa shape index (κ1) is 10.3. The van der Waals surface area contributed by atoms with Crippen LogP contribution in [-0.2, 0) is 0 Å². The monoisotopic (exact) mass is 217 g/mol. The zero-order chi connectivity index (χ0) is 11.5. The number of nitrogens with one attached hydrogen (secondary N) is 1. The van der Waals surface area contributed by atoms with Gasteiger partial charge in [-0.1, -0.05) is 24.3 Å². The number of amides is 1. The Balaban J connectivity index is 2.54. The van der Waals surface area contributed by atoms with E-state index < -0.39 is 6.09 Å². The van der Waals surface area contributed by atoms with Crippen LogP contribution in [0.1, 0.15) is 0 Å². The second-order valence-electron chi connectivity index (χ2n) is 3.27. The Kier molecular flexibility index (Phi) is 2.64. The summed E-state index contributed by atoms with van der Waals surface area (Å²) < 4.78 is 5.07. The van der Waals surface area contributed by atoms with E-state index in [1.54, 1.807) is 36.4 Å². The molecule has 0 aromatic heterocycles. The molecule has 0 atom stereocenters. The molecule has 0 unspecified atom stereocenters. The quantitative estimate of drug-likeness (QED) is 0.770. The highest BCUT2D eigenvalue weighted by molar-refractivity contribution is 5.94. The van der Waals surface area contributed by atoms with Gasteiger partial charge >= 0.3 is 6.09 Å². The number of carbonyl (C=O) groups excluding carboxylic acids is 1. The fourth-order valence-electron chi connectivity index (χ4n) is 1.50. The van der Waals surface area contributed by atoms with Crippen LogP contribution in [0.5, 0.6) is 11.5 Å². The predicted octanol–water partition coefficient (Wildman–Crippen LogP) is 2.26. The molecule has 2 aromatic rings. The number of rotatable bonds is 1. The molecule has 0 saturated carbocycles. The lowest BCUT2D eigenvalue weighted by atomic mass is 10.1. The number of ether oxygens (including phenoxy) is 1. The second-order valence-corrected chi connectivity index (χ2v) is 3.27. The summed E-state index contributed by atoms with van der Waals surface area (Å²) in [6.07, 6.45) is -0.532. The summed E-state index contributed by atoms with van der Waals surface area (Å²) in [7, 11) is 1.49. The van der Waals surface area contributed by atoms with Crippen LogP contribution in [-0.4, -0.2) is 18.2 Å². The lowest BCUT2D eigenvalue weighted by molar-refractivity contribution is 0.203. The lowest BCUT2D eigenvalue weighted by Crippen LogP contribution is -2.22. The van der Waals surface area contributed by atoms with E-state index in [4.69, 9.17) is 4.74 Å². The zero-order valence-electron chi connectivity index (χ0n) is 8.73. The highest BCUT2D eigenvalue weighted by Crippen LogP contribution is 2.31. The van der Waals surface area contributed by atoms with Crippen LogP contribution >= 0.6 is 0 Å². The Labute approximate surface area is 92.5 Å². The van der Waals surface area contributed by atoms with Gasteiger partial charge in [-0.2, -0.15) is 0 Å². The molecule has 16 heavy (non-hydrogen) atoms. The van der Waals surface area contributed by atoms with E-state index >= 15 is 0 Å². The average molecular weight is 217 g/mol. The third kappa shape index (κ3) is 1.77. The zero-order valence-corrected chi connectivity index (χ0v) is 8.73. The van der Waals surface area contributed by atoms with Gasteiger partial charge in [0.05, 0.1) is 0 Å². The first-order valence-corrected chi connectivity index (χ1v) is 4.82. The first-order chi connectivity index (χ1) is 7.72. The van der Waals surface area contributed by atoms with Crippen molar-refractivity contribution in [2.45, 2.75) is 0 Å². The second kappa shape index (κ2) is 4.10. The summed E-state index contributed by atoms with van der Waals surface area (Å²) in [5, 5.41) is 13.4. The van der Waals surface area contributed by atoms with Crippen molar-refractivity contribution in [3.8, 4) is 11.5 Å². The Morgan fingerprint density at radius 1 is 1.19 bits per heavy atom. The number of phenols is 1. The molecule has 0 aliphatic heterocycles. The minimum Gasteiger partial charge on any atom is -0.507 e. The number of benzene rings is 2. The Bertz CT molecular complexity index is 537. The Morgan fingerprint density at radius 2 is 1.88 bits per heavy atom. The minimum atomic E-state index is -0.532. The Hall–Kier alpha value is -2.23. The molecule has 0 spiro atoms. The van der Waals surface area contributed by atoms with E-state index in [2.05, 4.69) is 5.32 Å². The standard InChI is InChI=1S/C12H11NO3/c1-13-12(15)16-11-7-3-4-8-9(11)5-2-6-10(8)14/h2-7,14H,1H3,(H,13,15). The predicted molar refractivity (Wildman–Crippen MR) is 60.7 cm³/mol. The van der Waals surface area contributed by atoms with Gasteiger partial charge in [-0.3, -0.25) is 0 Å². The van der Waals surface area contributed by atoms with Crippen LogP contribution in [0.15, 0.2) is 36.4 Å². The number of phenolic OH excluding ortho intramolecular Hbond substituents is 1. The summed E-state index contributed by atoms with van der Waals surface area (Å²) in [6.45, 7) is 0. The van der Waals surface area contributed by atoms with Crippen LogP contribution in [0.3, 0.4) is 0 Å². The van der Waals surface area contributed by atoms with Gasteiger partial charge < -0.3 is 15.2 Å². The summed E-state index contributed by atoms with van der Waals surface area (Å²) in [6, 6.07) is 10.2. The van der Waals surface area contributed by atoms with Gasteiger partial charge in [-0.05, 0) is 12.1 Å². The van der Waals surface area contributed by atoms with E-state index in [1.165, 1.54) is 7.05 Å². The maximum Gasteiger partial charge on any atom is 0.412 e.